The first-order valence-electron chi connectivity index (χ1n) is 5.79. The summed E-state index contributed by atoms with van der Waals surface area (Å²) in [5, 5.41) is 0. The van der Waals surface area contributed by atoms with Crippen LogP contribution in [0.4, 0.5) is 0 Å². The number of rotatable bonds is 4. The number of hydrogen-bond acceptors (Lipinski definition) is 4. The average Bonchev–Trinajstić information content (AvgIpc) is 2.70. The van der Waals surface area contributed by atoms with Gasteiger partial charge >= 0.3 is 5.69 Å². The molecular formula is C11H18ClN5O2. The van der Waals surface area contributed by atoms with Gasteiger partial charge in [-0.1, -0.05) is 0 Å². The predicted octanol–water partition coefficient (Wildman–Crippen LogP) is -0.203. The van der Waals surface area contributed by atoms with Gasteiger partial charge in [0.1, 0.15) is 0 Å². The Bertz CT molecular complexity index is 670. The zero-order valence-corrected chi connectivity index (χ0v) is 12.0. The van der Waals surface area contributed by atoms with E-state index in [1.54, 1.807) is 17.9 Å². The van der Waals surface area contributed by atoms with Crippen molar-refractivity contribution in [2.75, 3.05) is 20.6 Å². The lowest BCUT2D eigenvalue weighted by Crippen LogP contribution is -2.29. The quantitative estimate of drug-likeness (QED) is 0.845. The van der Waals surface area contributed by atoms with Gasteiger partial charge in [-0.2, -0.15) is 0 Å². The molecule has 0 unspecified atom stereocenters. The minimum Gasteiger partial charge on any atom is -0.325 e. The zero-order valence-electron chi connectivity index (χ0n) is 11.2. The summed E-state index contributed by atoms with van der Waals surface area (Å²) in [6.07, 6.45) is 2.52. The van der Waals surface area contributed by atoms with Gasteiger partial charge < -0.3 is 9.47 Å². The summed E-state index contributed by atoms with van der Waals surface area (Å²) in [5.74, 6) is 0. The molecule has 0 fully saturated rings. The van der Waals surface area contributed by atoms with Crippen molar-refractivity contribution >= 4 is 23.6 Å². The number of aryl methyl sites for hydroxylation is 2. The summed E-state index contributed by atoms with van der Waals surface area (Å²) in [7, 11) is 5.60. The highest BCUT2D eigenvalue weighted by atomic mass is 35.5. The van der Waals surface area contributed by atoms with Gasteiger partial charge in [-0.15, -0.1) is 12.4 Å². The van der Waals surface area contributed by atoms with E-state index in [-0.39, 0.29) is 18.0 Å². The summed E-state index contributed by atoms with van der Waals surface area (Å²) in [5.41, 5.74) is 0.0611. The van der Waals surface area contributed by atoms with Crippen LogP contribution in [0.1, 0.15) is 6.42 Å². The van der Waals surface area contributed by atoms with E-state index in [4.69, 9.17) is 0 Å². The third kappa shape index (κ3) is 3.05. The van der Waals surface area contributed by atoms with Gasteiger partial charge in [-0.3, -0.25) is 14.3 Å². The Labute approximate surface area is 116 Å². The second-order valence-electron chi connectivity index (χ2n) is 4.59. The molecule has 0 radical (unpaired) electrons. The highest BCUT2D eigenvalue weighted by Crippen LogP contribution is 2.05. The molecule has 1 N–H and O–H groups in total. The maximum absolute atomic E-state index is 11.8. The van der Waals surface area contributed by atoms with Crippen molar-refractivity contribution < 1.29 is 0 Å². The third-order valence-electron chi connectivity index (χ3n) is 2.88. The molecule has 0 atom stereocenters. The first kappa shape index (κ1) is 15.5. The number of nitrogens with zero attached hydrogens (tertiary/aromatic N) is 4. The van der Waals surface area contributed by atoms with E-state index >= 15 is 0 Å². The molecule has 0 saturated heterocycles. The molecule has 0 saturated carbocycles. The van der Waals surface area contributed by atoms with Crippen molar-refractivity contribution in [3.05, 3.63) is 27.2 Å². The van der Waals surface area contributed by atoms with Gasteiger partial charge in [-0.25, -0.2) is 9.78 Å². The number of halogens is 1. The largest absolute Gasteiger partial charge is 0.329 e. The zero-order chi connectivity index (χ0) is 13.3. The maximum atomic E-state index is 11.8. The van der Waals surface area contributed by atoms with Crippen molar-refractivity contribution in [1.82, 2.24) is 24.0 Å². The lowest BCUT2D eigenvalue weighted by Gasteiger charge is -2.09. The molecule has 0 aliphatic heterocycles. The van der Waals surface area contributed by atoms with Crippen LogP contribution in [0.3, 0.4) is 0 Å². The highest BCUT2D eigenvalue weighted by molar-refractivity contribution is 5.85. The van der Waals surface area contributed by atoms with Crippen molar-refractivity contribution in [3.63, 3.8) is 0 Å². The summed E-state index contributed by atoms with van der Waals surface area (Å²) < 4.78 is 3.14. The molecule has 2 aromatic rings. The lowest BCUT2D eigenvalue weighted by molar-refractivity contribution is 0.387. The molecule has 0 spiro atoms. The fourth-order valence-electron chi connectivity index (χ4n) is 1.91. The van der Waals surface area contributed by atoms with Crippen molar-refractivity contribution in [2.45, 2.75) is 13.0 Å². The molecule has 0 amide bonds. The van der Waals surface area contributed by atoms with Crippen LogP contribution in [0.25, 0.3) is 11.2 Å². The van der Waals surface area contributed by atoms with Gasteiger partial charge in [0, 0.05) is 13.6 Å². The van der Waals surface area contributed by atoms with E-state index < -0.39 is 5.69 Å². The molecule has 0 bridgehead atoms. The standard InChI is InChI=1S/C11H17N5O2.ClH/c1-14(2)5-4-6-16-7-12-9-8(16)10(17)13-11(18)15(9)3;/h7H,4-6H2,1-3H3,(H,13,17,18);1H. The Kier molecular flexibility index (Phi) is 4.90. The SMILES string of the molecule is CN(C)CCCn1cnc2c1c(=O)[nH]c(=O)n2C.Cl. The van der Waals surface area contributed by atoms with Gasteiger partial charge in [0.2, 0.25) is 0 Å². The topological polar surface area (TPSA) is 75.9 Å². The van der Waals surface area contributed by atoms with Crippen LogP contribution in [-0.2, 0) is 13.6 Å². The molecule has 106 valence electrons. The van der Waals surface area contributed by atoms with E-state index in [2.05, 4.69) is 14.9 Å². The second kappa shape index (κ2) is 6.03. The summed E-state index contributed by atoms with van der Waals surface area (Å²) in [6, 6.07) is 0. The summed E-state index contributed by atoms with van der Waals surface area (Å²) >= 11 is 0. The van der Waals surface area contributed by atoms with Gasteiger partial charge in [0.05, 0.1) is 6.33 Å². The number of fused-ring (bicyclic) bond motifs is 1. The van der Waals surface area contributed by atoms with E-state index in [1.807, 2.05) is 14.1 Å². The Morgan fingerprint density at radius 3 is 2.68 bits per heavy atom. The van der Waals surface area contributed by atoms with Crippen LogP contribution in [0.5, 0.6) is 0 Å². The molecule has 8 heteroatoms. The molecule has 0 aliphatic rings. The molecule has 2 aromatic heterocycles. The smallest absolute Gasteiger partial charge is 0.325 e. The fraction of sp³-hybridized carbons (Fsp3) is 0.545. The normalized spacial score (nSPS) is 10.9. The van der Waals surface area contributed by atoms with Crippen LogP contribution in [0.15, 0.2) is 15.9 Å². The molecule has 7 nitrogen and oxygen atoms in total. The molecule has 0 aliphatic carbocycles. The number of aromatic nitrogens is 4. The van der Waals surface area contributed by atoms with E-state index in [9.17, 15) is 9.59 Å². The van der Waals surface area contributed by atoms with Crippen LogP contribution in [0.2, 0.25) is 0 Å². The molecule has 19 heavy (non-hydrogen) atoms. The fourth-order valence-corrected chi connectivity index (χ4v) is 1.91. The summed E-state index contributed by atoms with van der Waals surface area (Å²) in [4.78, 5) is 31.7. The average molecular weight is 288 g/mol. The van der Waals surface area contributed by atoms with Gasteiger partial charge in [0.15, 0.2) is 11.2 Å². The van der Waals surface area contributed by atoms with Crippen molar-refractivity contribution in [3.8, 4) is 0 Å². The molecule has 2 rings (SSSR count). The number of aromatic amines is 1. The Balaban J connectivity index is 0.00000180. The monoisotopic (exact) mass is 287 g/mol. The van der Waals surface area contributed by atoms with E-state index in [0.29, 0.717) is 17.7 Å². The van der Waals surface area contributed by atoms with Crippen LogP contribution >= 0.6 is 12.4 Å². The predicted molar refractivity (Wildman–Crippen MR) is 76.0 cm³/mol. The lowest BCUT2D eigenvalue weighted by atomic mass is 10.4. The van der Waals surface area contributed by atoms with Gasteiger partial charge in [-0.05, 0) is 27.1 Å². The van der Waals surface area contributed by atoms with Crippen LogP contribution < -0.4 is 11.2 Å². The Morgan fingerprint density at radius 1 is 1.37 bits per heavy atom. The molecule has 0 aromatic carbocycles. The van der Waals surface area contributed by atoms with Crippen LogP contribution in [-0.4, -0.2) is 44.6 Å². The first-order chi connectivity index (χ1) is 8.50. The number of H-pyrrole nitrogens is 1. The molecule has 2 heterocycles. The van der Waals surface area contributed by atoms with Crippen LogP contribution in [0, 0.1) is 0 Å². The van der Waals surface area contributed by atoms with Gasteiger partial charge in [0.25, 0.3) is 5.56 Å². The Hall–Kier alpha value is -1.60. The number of nitrogens with one attached hydrogen (secondary N) is 1. The minimum absolute atomic E-state index is 0. The summed E-state index contributed by atoms with van der Waals surface area (Å²) in [6.45, 7) is 1.64. The number of hydrogen-bond donors (Lipinski definition) is 1. The van der Waals surface area contributed by atoms with E-state index in [1.165, 1.54) is 4.57 Å². The number of imidazole rings is 1. The third-order valence-corrected chi connectivity index (χ3v) is 2.88. The minimum atomic E-state index is -0.439. The molecular weight excluding hydrogens is 270 g/mol. The van der Waals surface area contributed by atoms with Crippen molar-refractivity contribution in [2.24, 2.45) is 7.05 Å². The highest BCUT2D eigenvalue weighted by Gasteiger charge is 2.10. The Morgan fingerprint density at radius 2 is 2.05 bits per heavy atom. The van der Waals surface area contributed by atoms with Crippen molar-refractivity contribution in [1.29, 1.82) is 0 Å². The second-order valence-corrected chi connectivity index (χ2v) is 4.59. The maximum Gasteiger partial charge on any atom is 0.329 e. The van der Waals surface area contributed by atoms with E-state index in [0.717, 1.165) is 13.0 Å². The first-order valence-corrected chi connectivity index (χ1v) is 5.79.